The summed E-state index contributed by atoms with van der Waals surface area (Å²) in [6.07, 6.45) is 7.22. The highest BCUT2D eigenvalue weighted by Gasteiger charge is 2.16. The van der Waals surface area contributed by atoms with Gasteiger partial charge in [0.05, 0.1) is 10.6 Å². The Bertz CT molecular complexity index is 837. The van der Waals surface area contributed by atoms with E-state index in [4.69, 9.17) is 22.0 Å². The third-order valence-corrected chi connectivity index (χ3v) is 5.68. The van der Waals surface area contributed by atoms with E-state index in [1.807, 2.05) is 18.2 Å². The Balaban J connectivity index is 0.000000253. The van der Waals surface area contributed by atoms with Crippen LogP contribution in [0.25, 0.3) is 0 Å². The minimum atomic E-state index is 0.0731. The fraction of sp³-hybridized carbons (Fsp3) is 0.417. The number of nitrogens with zero attached hydrogens (tertiary/aromatic N) is 1. The summed E-state index contributed by atoms with van der Waals surface area (Å²) in [5, 5.41) is 20.7. The molecule has 1 amide bonds. The van der Waals surface area contributed by atoms with Gasteiger partial charge in [-0.2, -0.15) is 5.26 Å². The molecule has 0 saturated heterocycles. The van der Waals surface area contributed by atoms with E-state index >= 15 is 0 Å². The number of carbonyl (C=O) groups excluding carboxylic acids is 1. The van der Waals surface area contributed by atoms with Crippen molar-refractivity contribution in [1.29, 1.82) is 5.26 Å². The molecule has 1 fully saturated rings. The molecule has 0 heterocycles. The van der Waals surface area contributed by atoms with E-state index in [9.17, 15) is 4.79 Å². The summed E-state index contributed by atoms with van der Waals surface area (Å²) in [5.74, 6) is 0.724. The maximum absolute atomic E-state index is 12.2. The molecule has 1 unspecified atom stereocenters. The molecule has 2 aromatic rings. The van der Waals surface area contributed by atoms with Gasteiger partial charge in [0.2, 0.25) is 0 Å². The van der Waals surface area contributed by atoms with Crippen LogP contribution in [0.4, 0.5) is 0 Å². The predicted octanol–water partition coefficient (Wildman–Crippen LogP) is 6.18. The van der Waals surface area contributed by atoms with Gasteiger partial charge in [0.1, 0.15) is 11.8 Å². The molecule has 5 heteroatoms. The van der Waals surface area contributed by atoms with Gasteiger partial charge in [-0.05, 0) is 61.1 Å². The molecule has 2 aromatic carbocycles. The van der Waals surface area contributed by atoms with E-state index < -0.39 is 0 Å². The van der Waals surface area contributed by atoms with Crippen LogP contribution in [0.3, 0.4) is 0 Å². The third kappa shape index (κ3) is 7.11. The number of phenolic OH excluding ortho intramolecular Hbond substituents is 1. The summed E-state index contributed by atoms with van der Waals surface area (Å²) >= 11 is 5.55. The lowest BCUT2D eigenvalue weighted by molar-refractivity contribution is 0.0927. The quantitative estimate of drug-likeness (QED) is 0.629. The van der Waals surface area contributed by atoms with Gasteiger partial charge in [-0.1, -0.05) is 56.8 Å². The second-order valence-electron chi connectivity index (χ2n) is 7.52. The van der Waals surface area contributed by atoms with Gasteiger partial charge in [-0.25, -0.2) is 0 Å². The highest BCUT2D eigenvalue weighted by Crippen LogP contribution is 2.21. The second-order valence-corrected chi connectivity index (χ2v) is 7.92. The van der Waals surface area contributed by atoms with Crippen molar-refractivity contribution in [3.8, 4) is 11.8 Å². The molecule has 3 rings (SSSR count). The van der Waals surface area contributed by atoms with E-state index in [1.54, 1.807) is 0 Å². The molecule has 154 valence electrons. The number of amides is 1. The summed E-state index contributed by atoms with van der Waals surface area (Å²) in [4.78, 5) is 12.2. The molecule has 4 nitrogen and oxygen atoms in total. The Hall–Kier alpha value is -2.51. The number of nitriles is 1. The average molecular weight is 413 g/mol. The lowest BCUT2D eigenvalue weighted by atomic mass is 9.95. The van der Waals surface area contributed by atoms with Crippen LogP contribution in [0.5, 0.6) is 5.75 Å². The molecule has 1 saturated carbocycles. The highest BCUT2D eigenvalue weighted by atomic mass is 35.5. The molecule has 1 aliphatic carbocycles. The first-order valence-corrected chi connectivity index (χ1v) is 10.6. The standard InChI is InChI=1S/C17H25NO.C7H4ClNO/c1-3-13(2)14-9-11-15(12-10-14)17(19)18-16-7-5-4-6-8-16;8-7-3-6(10)2-1-5(7)4-9/h9-13,16H,3-8H2,1-2H3,(H,18,19);1-3,10H. The van der Waals surface area contributed by atoms with Crippen molar-refractivity contribution in [1.82, 2.24) is 5.32 Å². The van der Waals surface area contributed by atoms with Crippen molar-refractivity contribution in [2.75, 3.05) is 0 Å². The van der Waals surface area contributed by atoms with E-state index in [1.165, 1.54) is 43.0 Å². The Labute approximate surface area is 178 Å². The number of carbonyl (C=O) groups is 1. The van der Waals surface area contributed by atoms with Gasteiger partial charge < -0.3 is 10.4 Å². The lowest BCUT2D eigenvalue weighted by Gasteiger charge is -2.22. The van der Waals surface area contributed by atoms with Crippen molar-refractivity contribution in [2.45, 2.75) is 64.3 Å². The monoisotopic (exact) mass is 412 g/mol. The zero-order valence-corrected chi connectivity index (χ0v) is 17.9. The number of benzene rings is 2. The summed E-state index contributed by atoms with van der Waals surface area (Å²) in [7, 11) is 0. The van der Waals surface area contributed by atoms with Crippen molar-refractivity contribution in [3.05, 3.63) is 64.2 Å². The van der Waals surface area contributed by atoms with Crippen molar-refractivity contribution >= 4 is 17.5 Å². The maximum atomic E-state index is 12.2. The SMILES string of the molecule is CCC(C)c1ccc(C(=O)NC2CCCCC2)cc1.N#Cc1ccc(O)cc1Cl. The van der Waals surface area contributed by atoms with Gasteiger partial charge in [-0.15, -0.1) is 0 Å². The molecule has 2 N–H and O–H groups in total. The smallest absolute Gasteiger partial charge is 0.251 e. The van der Waals surface area contributed by atoms with Crippen molar-refractivity contribution < 1.29 is 9.90 Å². The Morgan fingerprint density at radius 2 is 1.86 bits per heavy atom. The van der Waals surface area contributed by atoms with Crippen LogP contribution in [0.15, 0.2) is 42.5 Å². The first-order valence-electron chi connectivity index (χ1n) is 10.2. The van der Waals surface area contributed by atoms with Crippen molar-refractivity contribution in [3.63, 3.8) is 0 Å². The molecule has 1 atom stereocenters. The van der Waals surface area contributed by atoms with Gasteiger partial charge >= 0.3 is 0 Å². The highest BCUT2D eigenvalue weighted by molar-refractivity contribution is 6.31. The van der Waals surface area contributed by atoms with Crippen LogP contribution < -0.4 is 5.32 Å². The summed E-state index contributed by atoms with van der Waals surface area (Å²) in [6.45, 7) is 4.41. The molecule has 0 spiro atoms. The molecular weight excluding hydrogens is 384 g/mol. The Morgan fingerprint density at radius 1 is 1.21 bits per heavy atom. The number of phenols is 1. The minimum absolute atomic E-state index is 0.0731. The van der Waals surface area contributed by atoms with E-state index in [2.05, 4.69) is 31.3 Å². The number of rotatable bonds is 4. The van der Waals surface area contributed by atoms with E-state index in [0.29, 0.717) is 17.5 Å². The van der Waals surface area contributed by atoms with Crippen LogP contribution in [-0.2, 0) is 0 Å². The normalized spacial score (nSPS) is 14.8. The summed E-state index contributed by atoms with van der Waals surface area (Å²) in [5.41, 5.74) is 2.48. The fourth-order valence-electron chi connectivity index (χ4n) is 3.31. The Morgan fingerprint density at radius 3 is 2.41 bits per heavy atom. The second kappa shape index (κ2) is 11.5. The predicted molar refractivity (Wildman–Crippen MR) is 117 cm³/mol. The molecule has 0 aliphatic heterocycles. The zero-order valence-electron chi connectivity index (χ0n) is 17.1. The maximum Gasteiger partial charge on any atom is 0.251 e. The molecule has 0 aromatic heterocycles. The molecule has 0 bridgehead atoms. The third-order valence-electron chi connectivity index (χ3n) is 5.37. The number of hydrogen-bond donors (Lipinski definition) is 2. The zero-order chi connectivity index (χ0) is 21.2. The van der Waals surface area contributed by atoms with E-state index in [0.717, 1.165) is 24.8 Å². The van der Waals surface area contributed by atoms with Gasteiger partial charge in [-0.3, -0.25) is 4.79 Å². The minimum Gasteiger partial charge on any atom is -0.508 e. The lowest BCUT2D eigenvalue weighted by Crippen LogP contribution is -2.36. The van der Waals surface area contributed by atoms with Gasteiger partial charge in [0.15, 0.2) is 0 Å². The molecule has 29 heavy (non-hydrogen) atoms. The number of hydrogen-bond acceptors (Lipinski definition) is 3. The fourth-order valence-corrected chi connectivity index (χ4v) is 3.53. The topological polar surface area (TPSA) is 73.1 Å². The van der Waals surface area contributed by atoms with Crippen LogP contribution in [0, 0.1) is 11.3 Å². The van der Waals surface area contributed by atoms with Crippen LogP contribution >= 0.6 is 11.6 Å². The Kier molecular flexibility index (Phi) is 9.02. The number of aromatic hydroxyl groups is 1. The summed E-state index contributed by atoms with van der Waals surface area (Å²) in [6, 6.07) is 14.6. The molecule has 0 radical (unpaired) electrons. The average Bonchev–Trinajstić information content (AvgIpc) is 2.74. The van der Waals surface area contributed by atoms with Crippen molar-refractivity contribution in [2.24, 2.45) is 0 Å². The first kappa shape index (κ1) is 22.8. The largest absolute Gasteiger partial charge is 0.508 e. The first-order chi connectivity index (χ1) is 13.9. The van der Waals surface area contributed by atoms with Crippen LogP contribution in [0.1, 0.15) is 79.8 Å². The van der Waals surface area contributed by atoms with Gasteiger partial charge in [0, 0.05) is 11.6 Å². The van der Waals surface area contributed by atoms with Gasteiger partial charge in [0.25, 0.3) is 5.91 Å². The molecule has 1 aliphatic rings. The summed E-state index contributed by atoms with van der Waals surface area (Å²) < 4.78 is 0. The number of halogens is 1. The van der Waals surface area contributed by atoms with Crippen LogP contribution in [0.2, 0.25) is 5.02 Å². The van der Waals surface area contributed by atoms with E-state index in [-0.39, 0.29) is 16.7 Å². The van der Waals surface area contributed by atoms with Crippen LogP contribution in [-0.4, -0.2) is 17.1 Å². The molecular formula is C24H29ClN2O2. The number of nitrogens with one attached hydrogen (secondary N) is 1.